The van der Waals surface area contributed by atoms with Gasteiger partial charge in [0.05, 0.1) is 18.6 Å². The Hall–Kier alpha value is -1.98. The highest BCUT2D eigenvalue weighted by atomic mass is 15.4. The normalized spacial score (nSPS) is 10.5. The first-order valence-electron chi connectivity index (χ1n) is 5.80. The average molecular weight is 232 g/mol. The van der Waals surface area contributed by atoms with Crippen LogP contribution in [-0.4, -0.2) is 31.5 Å². The van der Waals surface area contributed by atoms with Crippen LogP contribution in [0.3, 0.4) is 0 Å². The second kappa shape index (κ2) is 5.38. The number of anilines is 1. The molecule has 6 nitrogen and oxygen atoms in total. The Balaban J connectivity index is 2.31. The smallest absolute Gasteiger partial charge is 0.145 e. The van der Waals surface area contributed by atoms with Crippen molar-refractivity contribution < 1.29 is 0 Å². The fourth-order valence-corrected chi connectivity index (χ4v) is 1.59. The third kappa shape index (κ3) is 2.58. The average Bonchev–Trinajstić information content (AvgIpc) is 2.79. The molecule has 0 saturated heterocycles. The fourth-order valence-electron chi connectivity index (χ4n) is 1.59. The van der Waals surface area contributed by atoms with Crippen molar-refractivity contribution in [3.63, 3.8) is 0 Å². The molecule has 0 radical (unpaired) electrons. The zero-order valence-corrected chi connectivity index (χ0v) is 10.1. The molecule has 0 aliphatic carbocycles. The van der Waals surface area contributed by atoms with Gasteiger partial charge in [-0.25, -0.2) is 9.67 Å². The summed E-state index contributed by atoms with van der Waals surface area (Å²) in [5.74, 6) is 0.772. The molecule has 1 N–H and O–H groups in total. The molecule has 2 aromatic rings. The van der Waals surface area contributed by atoms with Crippen LogP contribution in [0.1, 0.15) is 20.3 Å². The van der Waals surface area contributed by atoms with Crippen LogP contribution in [0.4, 0.5) is 5.82 Å². The number of aromatic nitrogens is 5. The van der Waals surface area contributed by atoms with E-state index in [1.165, 1.54) is 0 Å². The summed E-state index contributed by atoms with van der Waals surface area (Å²) in [7, 11) is 0. The Labute approximate surface area is 100 Å². The van der Waals surface area contributed by atoms with E-state index in [1.807, 2.05) is 11.6 Å². The molecule has 0 saturated carbocycles. The molecule has 0 atom stereocenters. The third-order valence-electron chi connectivity index (χ3n) is 2.31. The Morgan fingerprint density at radius 3 is 2.88 bits per heavy atom. The van der Waals surface area contributed by atoms with E-state index in [0.29, 0.717) is 0 Å². The predicted molar refractivity (Wildman–Crippen MR) is 65.5 cm³/mol. The van der Waals surface area contributed by atoms with Crippen molar-refractivity contribution in [2.24, 2.45) is 0 Å². The Morgan fingerprint density at radius 2 is 2.12 bits per heavy atom. The molecule has 0 bridgehead atoms. The van der Waals surface area contributed by atoms with E-state index in [1.54, 1.807) is 18.6 Å². The molecule has 0 spiro atoms. The molecule has 0 aliphatic rings. The maximum absolute atomic E-state index is 4.47. The minimum atomic E-state index is 0.772. The van der Waals surface area contributed by atoms with Crippen LogP contribution in [0.2, 0.25) is 0 Å². The van der Waals surface area contributed by atoms with E-state index in [2.05, 4.69) is 32.5 Å². The molecule has 2 heterocycles. The number of hydrogen-bond acceptors (Lipinski definition) is 5. The summed E-state index contributed by atoms with van der Waals surface area (Å²) in [5, 5.41) is 11.1. The molecule has 0 aliphatic heterocycles. The highest BCUT2D eigenvalue weighted by Crippen LogP contribution is 2.16. The number of nitrogens with zero attached hydrogens (tertiary/aromatic N) is 5. The molecular weight excluding hydrogens is 216 g/mol. The summed E-state index contributed by atoms with van der Waals surface area (Å²) in [6.45, 7) is 5.79. The van der Waals surface area contributed by atoms with Gasteiger partial charge >= 0.3 is 0 Å². The molecule has 0 amide bonds. The van der Waals surface area contributed by atoms with E-state index >= 15 is 0 Å². The summed E-state index contributed by atoms with van der Waals surface area (Å²) in [6, 6.07) is 0. The molecule has 90 valence electrons. The van der Waals surface area contributed by atoms with Gasteiger partial charge in [0.1, 0.15) is 17.2 Å². The van der Waals surface area contributed by atoms with Gasteiger partial charge in [-0.05, 0) is 13.3 Å². The van der Waals surface area contributed by atoms with Crippen molar-refractivity contribution >= 4 is 5.82 Å². The van der Waals surface area contributed by atoms with Gasteiger partial charge in [-0.1, -0.05) is 12.1 Å². The summed E-state index contributed by atoms with van der Waals surface area (Å²) in [5.41, 5.74) is 1.70. The van der Waals surface area contributed by atoms with Gasteiger partial charge < -0.3 is 5.32 Å². The quantitative estimate of drug-likeness (QED) is 0.847. The van der Waals surface area contributed by atoms with E-state index in [9.17, 15) is 0 Å². The highest BCUT2D eigenvalue weighted by Gasteiger charge is 2.08. The van der Waals surface area contributed by atoms with Crippen LogP contribution < -0.4 is 5.32 Å². The molecule has 17 heavy (non-hydrogen) atoms. The zero-order chi connectivity index (χ0) is 12.1. The van der Waals surface area contributed by atoms with Gasteiger partial charge in [0.25, 0.3) is 0 Å². The molecule has 0 unspecified atom stereocenters. The lowest BCUT2D eigenvalue weighted by atomic mass is 10.3. The van der Waals surface area contributed by atoms with Crippen molar-refractivity contribution in [2.45, 2.75) is 26.8 Å². The zero-order valence-electron chi connectivity index (χ0n) is 10.1. The maximum Gasteiger partial charge on any atom is 0.145 e. The molecule has 6 heteroatoms. The minimum absolute atomic E-state index is 0.772. The van der Waals surface area contributed by atoms with Crippen molar-refractivity contribution in [2.75, 3.05) is 11.9 Å². The van der Waals surface area contributed by atoms with Crippen molar-refractivity contribution in [3.8, 4) is 11.4 Å². The Morgan fingerprint density at radius 1 is 1.24 bits per heavy atom. The van der Waals surface area contributed by atoms with E-state index in [0.717, 1.165) is 36.7 Å². The first-order chi connectivity index (χ1) is 8.35. The minimum Gasteiger partial charge on any atom is -0.369 e. The third-order valence-corrected chi connectivity index (χ3v) is 2.31. The van der Waals surface area contributed by atoms with Gasteiger partial charge in [-0.2, -0.15) is 0 Å². The summed E-state index contributed by atoms with van der Waals surface area (Å²) < 4.78 is 1.85. The summed E-state index contributed by atoms with van der Waals surface area (Å²) >= 11 is 0. The second-order valence-electron chi connectivity index (χ2n) is 3.66. The van der Waals surface area contributed by atoms with Crippen molar-refractivity contribution in [1.82, 2.24) is 25.0 Å². The van der Waals surface area contributed by atoms with Crippen LogP contribution in [-0.2, 0) is 6.54 Å². The van der Waals surface area contributed by atoms with Crippen LogP contribution in [0.25, 0.3) is 11.4 Å². The largest absolute Gasteiger partial charge is 0.369 e. The number of rotatable bonds is 5. The van der Waals surface area contributed by atoms with Gasteiger partial charge in [-0.15, -0.1) is 5.10 Å². The molecule has 2 rings (SSSR count). The van der Waals surface area contributed by atoms with E-state index < -0.39 is 0 Å². The first kappa shape index (κ1) is 11.5. The molecule has 2 aromatic heterocycles. The predicted octanol–water partition coefficient (Wildman–Crippen LogP) is 1.58. The second-order valence-corrected chi connectivity index (χ2v) is 3.66. The SMILES string of the molecule is CCCn1nncc1-c1cncc(NCC)n1. The monoisotopic (exact) mass is 232 g/mol. The van der Waals surface area contributed by atoms with Crippen LogP contribution in [0.15, 0.2) is 18.6 Å². The summed E-state index contributed by atoms with van der Waals surface area (Å²) in [4.78, 5) is 8.64. The van der Waals surface area contributed by atoms with E-state index in [-0.39, 0.29) is 0 Å². The highest BCUT2D eigenvalue weighted by molar-refractivity contribution is 5.54. The number of hydrogen-bond donors (Lipinski definition) is 1. The fraction of sp³-hybridized carbons (Fsp3) is 0.455. The lowest BCUT2D eigenvalue weighted by Crippen LogP contribution is -2.04. The van der Waals surface area contributed by atoms with E-state index in [4.69, 9.17) is 0 Å². The lowest BCUT2D eigenvalue weighted by molar-refractivity contribution is 0.583. The molecule has 0 aromatic carbocycles. The van der Waals surface area contributed by atoms with Crippen LogP contribution in [0.5, 0.6) is 0 Å². The maximum atomic E-state index is 4.47. The molecular formula is C11H16N6. The topological polar surface area (TPSA) is 68.5 Å². The van der Waals surface area contributed by atoms with Gasteiger partial charge in [0.15, 0.2) is 0 Å². The molecule has 0 fully saturated rings. The number of aryl methyl sites for hydroxylation is 1. The standard InChI is InChI=1S/C11H16N6/c1-3-5-17-10(7-14-16-17)9-6-12-8-11(15-9)13-4-2/h6-8H,3-5H2,1-2H3,(H,13,15). The van der Waals surface area contributed by atoms with Crippen LogP contribution in [0, 0.1) is 0 Å². The summed E-state index contributed by atoms with van der Waals surface area (Å²) in [6.07, 6.45) is 6.17. The first-order valence-corrected chi connectivity index (χ1v) is 5.80. The van der Waals surface area contributed by atoms with Crippen molar-refractivity contribution in [1.29, 1.82) is 0 Å². The van der Waals surface area contributed by atoms with Crippen LogP contribution >= 0.6 is 0 Å². The number of nitrogens with one attached hydrogen (secondary N) is 1. The Bertz CT molecular complexity index is 478. The Kier molecular flexibility index (Phi) is 3.64. The van der Waals surface area contributed by atoms with Crippen molar-refractivity contribution in [3.05, 3.63) is 18.6 Å². The van der Waals surface area contributed by atoms with Gasteiger partial charge in [-0.3, -0.25) is 4.98 Å². The van der Waals surface area contributed by atoms with Gasteiger partial charge in [0, 0.05) is 13.1 Å². The lowest BCUT2D eigenvalue weighted by Gasteiger charge is -2.06. The van der Waals surface area contributed by atoms with Gasteiger partial charge in [0.2, 0.25) is 0 Å².